The molecule has 4 atom stereocenters. The molecule has 10 heteroatoms. The first-order chi connectivity index (χ1) is 15.0. The summed E-state index contributed by atoms with van der Waals surface area (Å²) in [4.78, 5) is 32.8. The van der Waals surface area contributed by atoms with Gasteiger partial charge in [0.05, 0.1) is 18.9 Å². The Morgan fingerprint density at radius 3 is 2.94 bits per heavy atom. The van der Waals surface area contributed by atoms with E-state index in [9.17, 15) is 14.7 Å². The highest BCUT2D eigenvalue weighted by Gasteiger charge is 2.44. The summed E-state index contributed by atoms with van der Waals surface area (Å²) in [6.45, 7) is 4.62. The summed E-state index contributed by atoms with van der Waals surface area (Å²) in [5, 5.41) is 18.1. The molecule has 1 saturated heterocycles. The Balaban J connectivity index is 1.61. The van der Waals surface area contributed by atoms with Crippen LogP contribution in [0.4, 0.5) is 5.69 Å². The Hall–Kier alpha value is -2.72. The molecule has 4 aliphatic rings. The second-order valence-corrected chi connectivity index (χ2v) is 9.00. The maximum Gasteiger partial charge on any atom is 0.326 e. The summed E-state index contributed by atoms with van der Waals surface area (Å²) in [7, 11) is 0. The third kappa shape index (κ3) is 2.71. The molecular formula is C21H26N6O4. The van der Waals surface area contributed by atoms with E-state index in [4.69, 9.17) is 4.74 Å². The quantitative estimate of drug-likeness (QED) is 0.740. The van der Waals surface area contributed by atoms with Gasteiger partial charge in [-0.15, -0.1) is 5.10 Å². The Labute approximate surface area is 178 Å². The third-order valence-corrected chi connectivity index (χ3v) is 7.28. The Bertz CT molecular complexity index is 1170. The number of anilines is 1. The van der Waals surface area contributed by atoms with E-state index in [-0.39, 0.29) is 17.5 Å². The van der Waals surface area contributed by atoms with E-state index < -0.39 is 12.0 Å². The highest BCUT2D eigenvalue weighted by molar-refractivity contribution is 5.75. The maximum absolute atomic E-state index is 13.8. The lowest BCUT2D eigenvalue weighted by atomic mass is 9.83. The van der Waals surface area contributed by atoms with Crippen LogP contribution in [0.1, 0.15) is 56.1 Å². The van der Waals surface area contributed by atoms with Gasteiger partial charge in [0, 0.05) is 31.1 Å². The molecule has 2 aromatic heterocycles. The molecule has 5 heterocycles. The lowest BCUT2D eigenvalue weighted by Gasteiger charge is -2.50. The Kier molecular flexibility index (Phi) is 4.23. The number of carboxylic acids is 1. The first-order valence-corrected chi connectivity index (χ1v) is 11.1. The van der Waals surface area contributed by atoms with Crippen LogP contribution in [0.3, 0.4) is 0 Å². The van der Waals surface area contributed by atoms with E-state index in [2.05, 4.69) is 20.3 Å². The number of aliphatic carboxylic acids is 1. The van der Waals surface area contributed by atoms with E-state index in [1.165, 1.54) is 4.52 Å². The van der Waals surface area contributed by atoms with Gasteiger partial charge in [-0.05, 0) is 31.3 Å². The van der Waals surface area contributed by atoms with Gasteiger partial charge in [0.2, 0.25) is 5.78 Å². The van der Waals surface area contributed by atoms with Gasteiger partial charge in [0.25, 0.3) is 5.56 Å². The number of rotatable bonds is 3. The van der Waals surface area contributed by atoms with Gasteiger partial charge < -0.3 is 20.1 Å². The lowest BCUT2D eigenvalue weighted by Crippen LogP contribution is -2.64. The molecule has 2 fully saturated rings. The van der Waals surface area contributed by atoms with Crippen LogP contribution >= 0.6 is 0 Å². The van der Waals surface area contributed by atoms with Crippen molar-refractivity contribution in [3.8, 4) is 0 Å². The number of aromatic nitrogens is 4. The van der Waals surface area contributed by atoms with E-state index in [0.717, 1.165) is 37.2 Å². The van der Waals surface area contributed by atoms with Crippen molar-refractivity contribution in [2.24, 2.45) is 0 Å². The largest absolute Gasteiger partial charge is 0.480 e. The standard InChI is InChI=1S/C21H26N6O4/c1-11-10-15(20(29)30)26-16(11)17(25-7-6-22-13-2-3-14(13)25)19(28)27-21(26)23-18(24-27)12-4-8-31-9-5-12/h4,11,13-15,22H,2-3,5-10H2,1H3,(H,29,30)/t11-,13+,14+,15-/m1/s1. The smallest absolute Gasteiger partial charge is 0.326 e. The average molecular weight is 426 g/mol. The fourth-order valence-electron chi connectivity index (χ4n) is 5.61. The number of piperazine rings is 1. The van der Waals surface area contributed by atoms with E-state index in [1.807, 2.05) is 13.0 Å². The first kappa shape index (κ1) is 19.0. The number of nitrogens with zero attached hydrogens (tertiary/aromatic N) is 5. The molecule has 31 heavy (non-hydrogen) atoms. The van der Waals surface area contributed by atoms with Gasteiger partial charge in [-0.25, -0.2) is 4.79 Å². The van der Waals surface area contributed by atoms with E-state index >= 15 is 0 Å². The molecule has 2 aromatic rings. The summed E-state index contributed by atoms with van der Waals surface area (Å²) < 4.78 is 8.47. The fourth-order valence-corrected chi connectivity index (χ4v) is 5.61. The van der Waals surface area contributed by atoms with Crippen molar-refractivity contribution >= 4 is 23.0 Å². The number of hydrogen-bond donors (Lipinski definition) is 2. The van der Waals surface area contributed by atoms with Crippen LogP contribution in [0.15, 0.2) is 10.9 Å². The first-order valence-electron chi connectivity index (χ1n) is 11.1. The second kappa shape index (κ2) is 6.89. The van der Waals surface area contributed by atoms with Crippen LogP contribution in [0.2, 0.25) is 0 Å². The molecule has 0 amide bonds. The molecule has 0 aromatic carbocycles. The zero-order chi connectivity index (χ0) is 21.3. The number of fused-ring (bicyclic) bond motifs is 4. The van der Waals surface area contributed by atoms with Crippen molar-refractivity contribution in [3.05, 3.63) is 27.9 Å². The van der Waals surface area contributed by atoms with Crippen LogP contribution in [0.25, 0.3) is 11.4 Å². The minimum absolute atomic E-state index is 0.0512. The summed E-state index contributed by atoms with van der Waals surface area (Å²) in [5.74, 6) is -0.149. The summed E-state index contributed by atoms with van der Waals surface area (Å²) in [5.41, 5.74) is 2.14. The summed E-state index contributed by atoms with van der Waals surface area (Å²) in [6, 6.07) is -0.108. The van der Waals surface area contributed by atoms with Crippen molar-refractivity contribution in [3.63, 3.8) is 0 Å². The van der Waals surface area contributed by atoms with Gasteiger partial charge >= 0.3 is 5.97 Å². The Morgan fingerprint density at radius 2 is 2.23 bits per heavy atom. The molecule has 3 aliphatic heterocycles. The molecule has 1 aliphatic carbocycles. The second-order valence-electron chi connectivity index (χ2n) is 9.00. The number of carboxylic acid groups (broad SMARTS) is 1. The third-order valence-electron chi connectivity index (χ3n) is 7.28. The molecule has 0 spiro atoms. The molecule has 2 N–H and O–H groups in total. The summed E-state index contributed by atoms with van der Waals surface area (Å²) in [6.07, 6.45) is 5.18. The fraction of sp³-hybridized carbons (Fsp3) is 0.619. The lowest BCUT2D eigenvalue weighted by molar-refractivity contribution is -0.140. The minimum atomic E-state index is -0.904. The van der Waals surface area contributed by atoms with Gasteiger partial charge in [-0.3, -0.25) is 9.36 Å². The normalized spacial score (nSPS) is 30.0. The highest BCUT2D eigenvalue weighted by atomic mass is 16.5. The van der Waals surface area contributed by atoms with Crippen molar-refractivity contribution in [1.82, 2.24) is 24.5 Å². The van der Waals surface area contributed by atoms with Gasteiger partial charge in [0.15, 0.2) is 5.82 Å². The number of hydrogen-bond acceptors (Lipinski definition) is 7. The zero-order valence-electron chi connectivity index (χ0n) is 17.5. The van der Waals surface area contributed by atoms with Crippen LogP contribution < -0.4 is 15.8 Å². The molecule has 10 nitrogen and oxygen atoms in total. The van der Waals surface area contributed by atoms with Gasteiger partial charge in [0.1, 0.15) is 11.7 Å². The van der Waals surface area contributed by atoms with Crippen molar-refractivity contribution in [1.29, 1.82) is 0 Å². The Morgan fingerprint density at radius 1 is 1.35 bits per heavy atom. The monoisotopic (exact) mass is 426 g/mol. The van der Waals surface area contributed by atoms with Crippen LogP contribution in [-0.2, 0) is 9.53 Å². The molecular weight excluding hydrogens is 400 g/mol. The van der Waals surface area contributed by atoms with E-state index in [0.29, 0.717) is 49.4 Å². The molecule has 0 unspecified atom stereocenters. The van der Waals surface area contributed by atoms with Gasteiger partial charge in [-0.2, -0.15) is 9.50 Å². The maximum atomic E-state index is 13.8. The predicted octanol–water partition coefficient (Wildman–Crippen LogP) is 0.768. The zero-order valence-corrected chi connectivity index (χ0v) is 17.5. The molecule has 1 saturated carbocycles. The van der Waals surface area contributed by atoms with Crippen LogP contribution in [0, 0.1) is 0 Å². The van der Waals surface area contributed by atoms with Crippen molar-refractivity contribution in [2.75, 3.05) is 31.2 Å². The van der Waals surface area contributed by atoms with Gasteiger partial charge in [-0.1, -0.05) is 13.0 Å². The highest BCUT2D eigenvalue weighted by Crippen LogP contribution is 2.43. The predicted molar refractivity (Wildman–Crippen MR) is 113 cm³/mol. The van der Waals surface area contributed by atoms with E-state index in [1.54, 1.807) is 4.57 Å². The average Bonchev–Trinajstić information content (AvgIpc) is 3.32. The van der Waals surface area contributed by atoms with Crippen LogP contribution in [0.5, 0.6) is 0 Å². The number of ether oxygens (including phenoxy) is 1. The molecule has 0 radical (unpaired) electrons. The topological polar surface area (TPSA) is 114 Å². The molecule has 0 bridgehead atoms. The van der Waals surface area contributed by atoms with Crippen molar-refractivity contribution in [2.45, 2.75) is 56.7 Å². The van der Waals surface area contributed by atoms with Crippen LogP contribution in [-0.4, -0.2) is 68.6 Å². The number of nitrogens with one attached hydrogen (secondary N) is 1. The number of carbonyl (C=O) groups is 1. The summed E-state index contributed by atoms with van der Waals surface area (Å²) >= 11 is 0. The minimum Gasteiger partial charge on any atom is -0.480 e. The SMILES string of the molecule is C[C@@H]1C[C@H](C(=O)O)n2c1c(N1CCN[C@H]3CC[C@@H]31)c(=O)n1nc(C3=CCOCC3)nc21. The molecule has 164 valence electrons. The molecule has 6 rings (SSSR count). The van der Waals surface area contributed by atoms with Crippen molar-refractivity contribution < 1.29 is 14.6 Å².